The van der Waals surface area contributed by atoms with Crippen molar-refractivity contribution in [3.8, 4) is 11.1 Å². The first-order valence-electron chi connectivity index (χ1n) is 14.6. The number of nitrogens with one attached hydrogen (secondary N) is 1. The van der Waals surface area contributed by atoms with E-state index in [4.69, 9.17) is 9.47 Å². The summed E-state index contributed by atoms with van der Waals surface area (Å²) in [7, 11) is 4.96. The van der Waals surface area contributed by atoms with Crippen molar-refractivity contribution in [3.63, 3.8) is 0 Å². The van der Waals surface area contributed by atoms with Crippen LogP contribution in [0.2, 0.25) is 0 Å². The van der Waals surface area contributed by atoms with Crippen LogP contribution in [0.1, 0.15) is 52.8 Å². The summed E-state index contributed by atoms with van der Waals surface area (Å²) in [5.41, 5.74) is 5.39. The van der Waals surface area contributed by atoms with E-state index in [-0.39, 0.29) is 23.8 Å². The number of methoxy groups -OCH3 is 1. The molecule has 0 radical (unpaired) electrons. The van der Waals surface area contributed by atoms with Crippen LogP contribution in [-0.2, 0) is 61.0 Å². The van der Waals surface area contributed by atoms with Crippen molar-refractivity contribution < 1.29 is 23.5 Å². The summed E-state index contributed by atoms with van der Waals surface area (Å²) in [5, 5.41) is 7.50. The molecule has 44 heavy (non-hydrogen) atoms. The highest BCUT2D eigenvalue weighted by Crippen LogP contribution is 2.37. The molecule has 3 aromatic heterocycles. The number of hydrogen-bond acceptors (Lipinski definition) is 7. The van der Waals surface area contributed by atoms with Crippen LogP contribution in [0.5, 0.6) is 0 Å². The van der Waals surface area contributed by atoms with Gasteiger partial charge < -0.3 is 28.8 Å². The topological polar surface area (TPSA) is 113 Å². The number of carbonyl (C=O) groups excluding carboxylic acids is 2. The van der Waals surface area contributed by atoms with E-state index in [9.17, 15) is 14.4 Å². The number of pyridine rings is 1. The number of anilines is 3. The van der Waals surface area contributed by atoms with Gasteiger partial charge >= 0.3 is 5.97 Å². The maximum Gasteiger partial charge on any atom is 0.302 e. The fraction of sp³-hybridized carbons (Fsp3) is 0.375. The Bertz CT molecular complexity index is 1840. The zero-order chi connectivity index (χ0) is 31.1. The summed E-state index contributed by atoms with van der Waals surface area (Å²) >= 11 is 0. The van der Waals surface area contributed by atoms with Crippen molar-refractivity contribution in [3.05, 3.63) is 80.9 Å². The number of benzene rings is 1. The lowest BCUT2D eigenvalue weighted by molar-refractivity contribution is -0.142. The Morgan fingerprint density at radius 3 is 2.61 bits per heavy atom. The minimum atomic E-state index is -0.563. The van der Waals surface area contributed by atoms with Gasteiger partial charge in [-0.1, -0.05) is 0 Å². The molecule has 1 N–H and O–H groups in total. The van der Waals surface area contributed by atoms with Crippen molar-refractivity contribution in [2.24, 2.45) is 14.1 Å². The lowest BCUT2D eigenvalue weighted by Crippen LogP contribution is -2.41. The third kappa shape index (κ3) is 5.41. The molecule has 4 aromatic rings. The summed E-state index contributed by atoms with van der Waals surface area (Å²) < 4.78 is 31.2. The number of rotatable bonds is 8. The average Bonchev–Trinajstić information content (AvgIpc) is 3.54. The Labute approximate surface area is 253 Å². The fourth-order valence-electron chi connectivity index (χ4n) is 6.25. The molecule has 0 fully saturated rings. The Kier molecular flexibility index (Phi) is 7.85. The minimum Gasteiger partial charge on any atom is -0.461 e. The molecule has 2 aliphatic rings. The van der Waals surface area contributed by atoms with Crippen LogP contribution < -0.4 is 15.8 Å². The van der Waals surface area contributed by atoms with Gasteiger partial charge in [0, 0.05) is 70.3 Å². The first kappa shape index (κ1) is 29.4. The molecule has 230 valence electrons. The molecule has 1 aliphatic heterocycles. The minimum absolute atomic E-state index is 0.187. The van der Waals surface area contributed by atoms with E-state index >= 15 is 4.39 Å². The molecule has 4 heterocycles. The van der Waals surface area contributed by atoms with E-state index in [1.807, 2.05) is 6.07 Å². The first-order valence-corrected chi connectivity index (χ1v) is 14.6. The quantitative estimate of drug-likeness (QED) is 0.301. The maximum absolute atomic E-state index is 15.4. The number of amides is 1. The average molecular weight is 603 g/mol. The summed E-state index contributed by atoms with van der Waals surface area (Å²) in [5.74, 6) is -0.857. The second-order valence-corrected chi connectivity index (χ2v) is 11.3. The van der Waals surface area contributed by atoms with Crippen LogP contribution in [0, 0.1) is 5.82 Å². The van der Waals surface area contributed by atoms with Gasteiger partial charge in [-0.25, -0.2) is 4.39 Å². The lowest BCUT2D eigenvalue weighted by atomic mass is 9.97. The Morgan fingerprint density at radius 1 is 1.05 bits per heavy atom. The molecule has 12 heteroatoms. The number of hydrogen-bond donors (Lipinski definition) is 1. The standard InChI is InChI=1S/C32H35FN6O5/c1-19(40)44-18-25-24(21-11-26(31(41)36(2)16-21)34-30-15-23(17-43-4)37(3)35-30)13-22(33)14-28(25)39-10-9-38-27-8-6-5-7-20(27)12-29(38)32(39)42/h11-16H,5-10,17-18H2,1-4H3,(H,34,35). The van der Waals surface area contributed by atoms with Gasteiger partial charge in [0.1, 0.15) is 23.8 Å². The third-order valence-corrected chi connectivity index (χ3v) is 8.35. The van der Waals surface area contributed by atoms with Crippen LogP contribution in [0.25, 0.3) is 11.1 Å². The van der Waals surface area contributed by atoms with E-state index in [2.05, 4.69) is 15.0 Å². The molecule has 11 nitrogen and oxygen atoms in total. The van der Waals surface area contributed by atoms with Gasteiger partial charge in [-0.3, -0.25) is 19.1 Å². The molecule has 0 bridgehead atoms. The van der Waals surface area contributed by atoms with Gasteiger partial charge in [-0.2, -0.15) is 5.10 Å². The molecule has 0 spiro atoms. The smallest absolute Gasteiger partial charge is 0.302 e. The van der Waals surface area contributed by atoms with Crippen molar-refractivity contribution >= 4 is 29.1 Å². The predicted molar refractivity (Wildman–Crippen MR) is 163 cm³/mol. The molecular formula is C32H35FN6O5. The molecule has 1 amide bonds. The van der Waals surface area contributed by atoms with Gasteiger partial charge in [-0.15, -0.1) is 0 Å². The van der Waals surface area contributed by atoms with Gasteiger partial charge in [-0.05, 0) is 61.1 Å². The highest BCUT2D eigenvalue weighted by atomic mass is 19.1. The number of carbonyl (C=O) groups is 2. The SMILES string of the molecule is COCc1cc(Nc2cc(-c3cc(F)cc(N4CCn5c(cc6c5CCCC6)C4=O)c3COC(C)=O)cn(C)c2=O)nn1C. The zero-order valence-electron chi connectivity index (χ0n) is 25.3. The van der Waals surface area contributed by atoms with Crippen molar-refractivity contribution in [2.75, 3.05) is 23.9 Å². The van der Waals surface area contributed by atoms with Crippen LogP contribution in [0.4, 0.5) is 21.6 Å². The zero-order valence-corrected chi connectivity index (χ0v) is 25.3. The van der Waals surface area contributed by atoms with E-state index < -0.39 is 11.8 Å². The Hall–Kier alpha value is -4.71. The molecule has 0 unspecified atom stereocenters. The predicted octanol–water partition coefficient (Wildman–Crippen LogP) is 4.22. The molecule has 6 rings (SSSR count). The van der Waals surface area contributed by atoms with Gasteiger partial charge in [0.2, 0.25) is 0 Å². The van der Waals surface area contributed by atoms with E-state index in [0.29, 0.717) is 53.6 Å². The molecule has 0 atom stereocenters. The van der Waals surface area contributed by atoms with E-state index in [1.54, 1.807) is 49.1 Å². The monoisotopic (exact) mass is 602 g/mol. The third-order valence-electron chi connectivity index (χ3n) is 8.35. The molecular weight excluding hydrogens is 567 g/mol. The van der Waals surface area contributed by atoms with Gasteiger partial charge in [0.25, 0.3) is 11.5 Å². The van der Waals surface area contributed by atoms with Crippen LogP contribution >= 0.6 is 0 Å². The van der Waals surface area contributed by atoms with Crippen molar-refractivity contribution in [2.45, 2.75) is 52.4 Å². The van der Waals surface area contributed by atoms with Crippen LogP contribution in [0.3, 0.4) is 0 Å². The molecule has 0 saturated carbocycles. The number of fused-ring (bicyclic) bond motifs is 3. The number of esters is 1. The van der Waals surface area contributed by atoms with Gasteiger partial charge in [0.05, 0.1) is 18.0 Å². The molecule has 1 aromatic carbocycles. The van der Waals surface area contributed by atoms with E-state index in [0.717, 1.165) is 31.4 Å². The summed E-state index contributed by atoms with van der Waals surface area (Å²) in [6.45, 7) is 2.38. The second kappa shape index (κ2) is 11.8. The number of ether oxygens (including phenoxy) is 2. The number of aromatic nitrogens is 4. The Morgan fingerprint density at radius 2 is 1.84 bits per heavy atom. The highest BCUT2D eigenvalue weighted by molar-refractivity contribution is 6.07. The number of aryl methyl sites for hydroxylation is 3. The normalized spacial score (nSPS) is 14.4. The first-order chi connectivity index (χ1) is 21.1. The second-order valence-electron chi connectivity index (χ2n) is 11.3. The summed E-state index contributed by atoms with van der Waals surface area (Å²) in [4.78, 5) is 40.6. The Balaban J connectivity index is 1.44. The summed E-state index contributed by atoms with van der Waals surface area (Å²) in [6, 6.07) is 8.00. The fourth-order valence-corrected chi connectivity index (χ4v) is 6.25. The van der Waals surface area contributed by atoms with Gasteiger partial charge in [0.15, 0.2) is 5.82 Å². The van der Waals surface area contributed by atoms with Crippen LogP contribution in [0.15, 0.2) is 41.3 Å². The number of nitrogens with zero attached hydrogens (tertiary/aromatic N) is 5. The summed E-state index contributed by atoms with van der Waals surface area (Å²) in [6.07, 6.45) is 5.67. The largest absolute Gasteiger partial charge is 0.461 e. The van der Waals surface area contributed by atoms with Crippen molar-refractivity contribution in [1.82, 2.24) is 18.9 Å². The van der Waals surface area contributed by atoms with Crippen LogP contribution in [-0.4, -0.2) is 44.4 Å². The number of halogens is 1. The highest BCUT2D eigenvalue weighted by Gasteiger charge is 2.32. The lowest BCUT2D eigenvalue weighted by Gasteiger charge is -2.32. The maximum atomic E-state index is 15.4. The molecule has 0 saturated heterocycles. The van der Waals surface area contributed by atoms with Crippen molar-refractivity contribution in [1.29, 1.82) is 0 Å². The molecule has 1 aliphatic carbocycles. The van der Waals surface area contributed by atoms with E-state index in [1.165, 1.54) is 34.9 Å².